The van der Waals surface area contributed by atoms with Gasteiger partial charge >= 0.3 is 0 Å². The van der Waals surface area contributed by atoms with Gasteiger partial charge in [0.1, 0.15) is 0 Å². The summed E-state index contributed by atoms with van der Waals surface area (Å²) in [6, 6.07) is 5.11. The van der Waals surface area contributed by atoms with Gasteiger partial charge in [-0.1, -0.05) is 0 Å². The third-order valence-corrected chi connectivity index (χ3v) is 4.32. The number of pyridine rings is 1. The van der Waals surface area contributed by atoms with Gasteiger partial charge in [0, 0.05) is 18.9 Å². The van der Waals surface area contributed by atoms with Gasteiger partial charge in [0.25, 0.3) is 0 Å². The number of nitrogens with one attached hydrogen (secondary N) is 1. The van der Waals surface area contributed by atoms with Crippen molar-refractivity contribution >= 4 is 36.4 Å². The smallest absolute Gasteiger partial charge is 0.241 e. The van der Waals surface area contributed by atoms with Crippen molar-refractivity contribution < 1.29 is 9.53 Å². The Labute approximate surface area is 165 Å². The van der Waals surface area contributed by atoms with Crippen molar-refractivity contribution in [1.29, 1.82) is 0 Å². The molecule has 3 rings (SSSR count). The molecule has 1 aliphatic rings. The first kappa shape index (κ1) is 22.4. The van der Waals surface area contributed by atoms with Crippen LogP contribution in [0.5, 0.6) is 0 Å². The van der Waals surface area contributed by atoms with Crippen LogP contribution in [0, 0.1) is 19.8 Å². The van der Waals surface area contributed by atoms with Crippen LogP contribution in [0.3, 0.4) is 0 Å². The third kappa shape index (κ3) is 5.17. The summed E-state index contributed by atoms with van der Waals surface area (Å²) in [5, 5.41) is 7.24. The molecule has 1 unspecified atom stereocenters. The molecule has 0 spiro atoms. The maximum absolute atomic E-state index is 12.3. The normalized spacial score (nSPS) is 15.5. The molecule has 26 heavy (non-hydrogen) atoms. The molecule has 1 amide bonds. The summed E-state index contributed by atoms with van der Waals surface area (Å²) in [6.07, 6.45) is 3.27. The van der Waals surface area contributed by atoms with E-state index in [1.807, 2.05) is 32.0 Å². The predicted octanol–water partition coefficient (Wildman–Crippen LogP) is 2.42. The lowest BCUT2D eigenvalue weighted by atomic mass is 9.92. The van der Waals surface area contributed by atoms with Gasteiger partial charge < -0.3 is 15.8 Å². The van der Waals surface area contributed by atoms with E-state index >= 15 is 0 Å². The van der Waals surface area contributed by atoms with Gasteiger partial charge in [-0.05, 0) is 50.8 Å². The molecule has 0 aliphatic carbocycles. The van der Waals surface area contributed by atoms with E-state index in [0.29, 0.717) is 24.7 Å². The molecule has 2 aromatic rings. The van der Waals surface area contributed by atoms with E-state index in [1.165, 1.54) is 0 Å². The second kappa shape index (κ2) is 9.87. The van der Waals surface area contributed by atoms with Crippen LogP contribution in [-0.2, 0) is 9.53 Å². The van der Waals surface area contributed by atoms with Gasteiger partial charge in [-0.2, -0.15) is 5.10 Å². The molecular formula is C17H25Cl2N5O2. The SMILES string of the molecule is Cc1cc(C)n(-c2ccc(NC(=O)C(N)C3CCOCC3)cn2)n1.Cl.Cl. The number of aryl methyl sites for hydroxylation is 2. The summed E-state index contributed by atoms with van der Waals surface area (Å²) in [6.45, 7) is 5.26. The van der Waals surface area contributed by atoms with E-state index in [2.05, 4.69) is 15.4 Å². The average molecular weight is 402 g/mol. The summed E-state index contributed by atoms with van der Waals surface area (Å²) in [5.74, 6) is 0.704. The maximum Gasteiger partial charge on any atom is 0.241 e. The van der Waals surface area contributed by atoms with E-state index in [-0.39, 0.29) is 36.6 Å². The summed E-state index contributed by atoms with van der Waals surface area (Å²) in [7, 11) is 0. The zero-order valence-electron chi connectivity index (χ0n) is 14.8. The Bertz CT molecular complexity index is 714. The average Bonchev–Trinajstić information content (AvgIpc) is 2.94. The van der Waals surface area contributed by atoms with Crippen LogP contribution in [0.2, 0.25) is 0 Å². The van der Waals surface area contributed by atoms with Gasteiger partial charge in [-0.3, -0.25) is 4.79 Å². The zero-order valence-corrected chi connectivity index (χ0v) is 16.5. The number of nitrogens with two attached hydrogens (primary N) is 1. The van der Waals surface area contributed by atoms with Crippen LogP contribution in [0.1, 0.15) is 24.2 Å². The molecule has 1 fully saturated rings. The van der Waals surface area contributed by atoms with Crippen molar-refractivity contribution in [2.24, 2.45) is 11.7 Å². The number of aromatic nitrogens is 3. The van der Waals surface area contributed by atoms with E-state index < -0.39 is 6.04 Å². The highest BCUT2D eigenvalue weighted by Crippen LogP contribution is 2.19. The number of nitrogens with zero attached hydrogens (tertiary/aromatic N) is 3. The number of carbonyl (C=O) groups excluding carboxylic acids is 1. The van der Waals surface area contributed by atoms with Gasteiger partial charge in [0.15, 0.2) is 5.82 Å². The standard InChI is InChI=1S/C17H23N5O2.2ClH/c1-11-9-12(2)22(21-11)15-4-3-14(10-19-15)20-17(23)16(18)13-5-7-24-8-6-13;;/h3-4,9-10,13,16H,5-8,18H2,1-2H3,(H,20,23);2*1H. The summed E-state index contributed by atoms with van der Waals surface area (Å²) >= 11 is 0. The molecule has 9 heteroatoms. The van der Waals surface area contributed by atoms with Crippen LogP contribution in [-0.4, -0.2) is 39.9 Å². The number of halogens is 2. The van der Waals surface area contributed by atoms with E-state index in [1.54, 1.807) is 10.9 Å². The molecule has 1 saturated heterocycles. The summed E-state index contributed by atoms with van der Waals surface area (Å²) in [5.41, 5.74) is 8.66. The lowest BCUT2D eigenvalue weighted by Crippen LogP contribution is -2.44. The first-order valence-corrected chi connectivity index (χ1v) is 8.18. The zero-order chi connectivity index (χ0) is 17.1. The van der Waals surface area contributed by atoms with Crippen molar-refractivity contribution in [2.45, 2.75) is 32.7 Å². The maximum atomic E-state index is 12.3. The predicted molar refractivity (Wildman–Crippen MR) is 105 cm³/mol. The highest BCUT2D eigenvalue weighted by molar-refractivity contribution is 5.94. The van der Waals surface area contributed by atoms with Gasteiger partial charge in [0.05, 0.1) is 23.6 Å². The first-order chi connectivity index (χ1) is 11.5. The minimum Gasteiger partial charge on any atom is -0.381 e. The molecule has 7 nitrogen and oxygen atoms in total. The Morgan fingerprint density at radius 3 is 2.54 bits per heavy atom. The quantitative estimate of drug-likeness (QED) is 0.819. The molecule has 1 aliphatic heterocycles. The van der Waals surface area contributed by atoms with Crippen LogP contribution in [0.25, 0.3) is 5.82 Å². The van der Waals surface area contributed by atoms with Crippen molar-refractivity contribution in [1.82, 2.24) is 14.8 Å². The number of ether oxygens (including phenoxy) is 1. The van der Waals surface area contributed by atoms with E-state index in [4.69, 9.17) is 10.5 Å². The van der Waals surface area contributed by atoms with E-state index in [9.17, 15) is 4.79 Å². The van der Waals surface area contributed by atoms with E-state index in [0.717, 1.165) is 24.2 Å². The monoisotopic (exact) mass is 401 g/mol. The number of anilines is 1. The molecule has 0 aromatic carbocycles. The van der Waals surface area contributed by atoms with Crippen molar-refractivity contribution in [3.05, 3.63) is 35.8 Å². The minimum atomic E-state index is -0.524. The van der Waals surface area contributed by atoms with Crippen molar-refractivity contribution in [2.75, 3.05) is 18.5 Å². The molecular weight excluding hydrogens is 377 g/mol. The van der Waals surface area contributed by atoms with Gasteiger partial charge in [0.2, 0.25) is 5.91 Å². The molecule has 2 aromatic heterocycles. The molecule has 0 bridgehead atoms. The van der Waals surface area contributed by atoms with Gasteiger partial charge in [-0.25, -0.2) is 9.67 Å². The number of rotatable bonds is 4. The van der Waals surface area contributed by atoms with Crippen molar-refractivity contribution in [3.63, 3.8) is 0 Å². The van der Waals surface area contributed by atoms with Crippen LogP contribution < -0.4 is 11.1 Å². The molecule has 3 heterocycles. The fourth-order valence-corrected chi connectivity index (χ4v) is 2.96. The fourth-order valence-electron chi connectivity index (χ4n) is 2.96. The molecule has 144 valence electrons. The summed E-state index contributed by atoms with van der Waals surface area (Å²) < 4.78 is 7.08. The van der Waals surface area contributed by atoms with Gasteiger partial charge in [-0.15, -0.1) is 24.8 Å². The molecule has 1 atom stereocenters. The lowest BCUT2D eigenvalue weighted by molar-refractivity contribution is -0.119. The second-order valence-electron chi connectivity index (χ2n) is 6.21. The number of carbonyl (C=O) groups is 1. The first-order valence-electron chi connectivity index (χ1n) is 8.18. The third-order valence-electron chi connectivity index (χ3n) is 4.32. The Balaban J connectivity index is 0.00000169. The molecule has 3 N–H and O–H groups in total. The molecule has 0 radical (unpaired) electrons. The number of hydrogen-bond donors (Lipinski definition) is 2. The summed E-state index contributed by atoms with van der Waals surface area (Å²) in [4.78, 5) is 16.7. The van der Waals surface area contributed by atoms with Crippen LogP contribution in [0.4, 0.5) is 5.69 Å². The fraction of sp³-hybridized carbons (Fsp3) is 0.471. The Morgan fingerprint density at radius 2 is 2.00 bits per heavy atom. The number of hydrogen-bond acceptors (Lipinski definition) is 5. The minimum absolute atomic E-state index is 0. The highest BCUT2D eigenvalue weighted by Gasteiger charge is 2.26. The Hall–Kier alpha value is -1.67. The number of amides is 1. The highest BCUT2D eigenvalue weighted by atomic mass is 35.5. The lowest BCUT2D eigenvalue weighted by Gasteiger charge is -2.26. The topological polar surface area (TPSA) is 95.1 Å². The van der Waals surface area contributed by atoms with Crippen molar-refractivity contribution in [3.8, 4) is 5.82 Å². The van der Waals surface area contributed by atoms with Crippen LogP contribution in [0.15, 0.2) is 24.4 Å². The Kier molecular flexibility index (Phi) is 8.49. The largest absolute Gasteiger partial charge is 0.381 e. The molecule has 0 saturated carbocycles. The Morgan fingerprint density at radius 1 is 1.31 bits per heavy atom. The second-order valence-corrected chi connectivity index (χ2v) is 6.21. The van der Waals surface area contributed by atoms with Crippen LogP contribution >= 0.6 is 24.8 Å².